The lowest BCUT2D eigenvalue weighted by molar-refractivity contribution is -0.232. The summed E-state index contributed by atoms with van der Waals surface area (Å²) < 4.78 is 42.3. The molecule has 4 unspecified atom stereocenters. The van der Waals surface area contributed by atoms with Gasteiger partial charge in [-0.2, -0.15) is 13.2 Å². The molecule has 0 radical (unpaired) electrons. The lowest BCUT2D eigenvalue weighted by Crippen LogP contribution is -2.46. The van der Waals surface area contributed by atoms with Gasteiger partial charge in [-0.1, -0.05) is 19.8 Å². The molecular weight excluding hydrogens is 231 g/mol. The molecule has 0 aromatic heterocycles. The zero-order valence-corrected chi connectivity index (χ0v) is 10.5. The molecule has 2 nitrogen and oxygen atoms in total. The van der Waals surface area contributed by atoms with Gasteiger partial charge in [-0.25, -0.2) is 0 Å². The van der Waals surface area contributed by atoms with E-state index in [2.05, 4.69) is 6.92 Å². The third-order valence-electron chi connectivity index (χ3n) is 3.49. The lowest BCUT2D eigenvalue weighted by atomic mass is 9.82. The molecule has 1 fully saturated rings. The van der Waals surface area contributed by atoms with Crippen molar-refractivity contribution in [1.29, 1.82) is 0 Å². The maximum absolute atomic E-state index is 12.4. The highest BCUT2D eigenvalue weighted by Crippen LogP contribution is 2.32. The predicted molar refractivity (Wildman–Crippen MR) is 60.6 cm³/mol. The maximum atomic E-state index is 12.4. The second kappa shape index (κ2) is 6.05. The zero-order valence-electron chi connectivity index (χ0n) is 10.5. The van der Waals surface area contributed by atoms with Gasteiger partial charge in [0, 0.05) is 6.04 Å². The van der Waals surface area contributed by atoms with E-state index in [9.17, 15) is 13.2 Å². The van der Waals surface area contributed by atoms with E-state index >= 15 is 0 Å². The Hall–Kier alpha value is -0.290. The Morgan fingerprint density at radius 2 is 2.00 bits per heavy atom. The number of halogens is 3. The molecule has 1 rings (SSSR count). The van der Waals surface area contributed by atoms with Crippen molar-refractivity contribution in [1.82, 2.24) is 0 Å². The van der Waals surface area contributed by atoms with E-state index in [1.807, 2.05) is 0 Å². The van der Waals surface area contributed by atoms with Crippen molar-refractivity contribution in [2.24, 2.45) is 11.7 Å². The molecule has 1 aliphatic rings. The highest BCUT2D eigenvalue weighted by molar-refractivity contribution is 4.84. The topological polar surface area (TPSA) is 35.2 Å². The molecule has 0 heterocycles. The van der Waals surface area contributed by atoms with E-state index in [1.54, 1.807) is 0 Å². The first-order chi connectivity index (χ1) is 7.84. The summed E-state index contributed by atoms with van der Waals surface area (Å²) in [5.41, 5.74) is 5.84. The van der Waals surface area contributed by atoms with Crippen LogP contribution < -0.4 is 5.73 Å². The van der Waals surface area contributed by atoms with E-state index < -0.39 is 18.4 Å². The van der Waals surface area contributed by atoms with Crippen molar-refractivity contribution in [3.63, 3.8) is 0 Å². The van der Waals surface area contributed by atoms with Crippen LogP contribution in [0.2, 0.25) is 0 Å². The number of rotatable bonds is 4. The molecule has 2 N–H and O–H groups in total. The van der Waals surface area contributed by atoms with Crippen LogP contribution in [0.5, 0.6) is 0 Å². The van der Waals surface area contributed by atoms with Crippen molar-refractivity contribution in [3.8, 4) is 0 Å². The van der Waals surface area contributed by atoms with Gasteiger partial charge in [0.05, 0.1) is 6.10 Å². The first-order valence-electron chi connectivity index (χ1n) is 6.32. The van der Waals surface area contributed by atoms with Crippen molar-refractivity contribution in [2.45, 2.75) is 70.4 Å². The molecule has 0 aromatic rings. The Labute approximate surface area is 101 Å². The van der Waals surface area contributed by atoms with E-state index in [0.29, 0.717) is 12.3 Å². The van der Waals surface area contributed by atoms with Gasteiger partial charge >= 0.3 is 6.18 Å². The normalized spacial score (nSPS) is 32.5. The number of ether oxygens (including phenoxy) is 1. The van der Waals surface area contributed by atoms with Gasteiger partial charge in [0.25, 0.3) is 0 Å². The van der Waals surface area contributed by atoms with E-state index in [1.165, 1.54) is 0 Å². The van der Waals surface area contributed by atoms with Crippen LogP contribution in [0.15, 0.2) is 0 Å². The summed E-state index contributed by atoms with van der Waals surface area (Å²) in [6, 6.07) is -0.257. The fourth-order valence-corrected chi connectivity index (χ4v) is 2.40. The van der Waals surface area contributed by atoms with Gasteiger partial charge in [0.15, 0.2) is 6.10 Å². The molecule has 1 aliphatic carbocycles. The summed E-state index contributed by atoms with van der Waals surface area (Å²) >= 11 is 0. The quantitative estimate of drug-likeness (QED) is 0.834. The van der Waals surface area contributed by atoms with Gasteiger partial charge in [-0.3, -0.25) is 0 Å². The highest BCUT2D eigenvalue weighted by Gasteiger charge is 2.40. The van der Waals surface area contributed by atoms with Gasteiger partial charge in [-0.15, -0.1) is 0 Å². The fourth-order valence-electron chi connectivity index (χ4n) is 2.40. The third-order valence-corrected chi connectivity index (χ3v) is 3.49. The third kappa shape index (κ3) is 4.47. The molecule has 0 aromatic carbocycles. The summed E-state index contributed by atoms with van der Waals surface area (Å²) in [6.07, 6.45) is -1.92. The molecule has 17 heavy (non-hydrogen) atoms. The molecule has 4 atom stereocenters. The Balaban J connectivity index is 2.50. The van der Waals surface area contributed by atoms with Gasteiger partial charge < -0.3 is 10.5 Å². The molecule has 1 saturated carbocycles. The van der Waals surface area contributed by atoms with Crippen LogP contribution in [-0.2, 0) is 4.74 Å². The van der Waals surface area contributed by atoms with Crippen molar-refractivity contribution in [3.05, 3.63) is 0 Å². The Bertz CT molecular complexity index is 232. The second-order valence-electron chi connectivity index (χ2n) is 4.99. The van der Waals surface area contributed by atoms with Crippen LogP contribution in [0.25, 0.3) is 0 Å². The minimum Gasteiger partial charge on any atom is -0.364 e. The average Bonchev–Trinajstić information content (AvgIpc) is 2.22. The summed E-state index contributed by atoms with van der Waals surface area (Å²) in [5.74, 6) is 0.463. The molecule has 102 valence electrons. The Morgan fingerprint density at radius 3 is 2.53 bits per heavy atom. The number of alkyl halides is 3. The number of hydrogen-bond acceptors (Lipinski definition) is 2. The zero-order chi connectivity index (χ0) is 13.1. The smallest absolute Gasteiger partial charge is 0.364 e. The molecule has 0 aliphatic heterocycles. The molecule has 0 saturated heterocycles. The predicted octanol–water partition coefficient (Wildman–Crippen LogP) is 3.25. The van der Waals surface area contributed by atoms with Crippen molar-refractivity contribution < 1.29 is 17.9 Å². The van der Waals surface area contributed by atoms with Crippen LogP contribution >= 0.6 is 0 Å². The molecule has 0 spiro atoms. The van der Waals surface area contributed by atoms with Crippen LogP contribution in [0.4, 0.5) is 13.2 Å². The minimum absolute atomic E-state index is 0.257. The second-order valence-corrected chi connectivity index (χ2v) is 4.99. The fraction of sp³-hybridized carbons (Fsp3) is 1.00. The summed E-state index contributed by atoms with van der Waals surface area (Å²) in [5, 5.41) is 0. The van der Waals surface area contributed by atoms with Crippen LogP contribution in [0, 0.1) is 5.92 Å². The standard InChI is InChI=1S/C12H22F3NO/c1-3-4-9-5-6-10(16)11(7-9)17-8(2)12(13,14)15/h8-11H,3-7,16H2,1-2H3. The van der Waals surface area contributed by atoms with Gasteiger partial charge in [0.1, 0.15) is 0 Å². The first-order valence-corrected chi connectivity index (χ1v) is 6.32. The SMILES string of the molecule is CCCC1CCC(N)C(OC(C)C(F)(F)F)C1. The summed E-state index contributed by atoms with van der Waals surface area (Å²) in [6.45, 7) is 3.14. The van der Waals surface area contributed by atoms with Gasteiger partial charge in [-0.05, 0) is 32.1 Å². The van der Waals surface area contributed by atoms with Gasteiger partial charge in [0.2, 0.25) is 0 Å². The van der Waals surface area contributed by atoms with Crippen molar-refractivity contribution in [2.75, 3.05) is 0 Å². The van der Waals surface area contributed by atoms with Crippen LogP contribution in [-0.4, -0.2) is 24.4 Å². The summed E-state index contributed by atoms with van der Waals surface area (Å²) in [4.78, 5) is 0. The van der Waals surface area contributed by atoms with E-state index in [4.69, 9.17) is 10.5 Å². The van der Waals surface area contributed by atoms with E-state index in [0.717, 1.165) is 32.6 Å². The number of hydrogen-bond donors (Lipinski definition) is 1. The first kappa shape index (κ1) is 14.8. The Morgan fingerprint density at radius 1 is 1.35 bits per heavy atom. The highest BCUT2D eigenvalue weighted by atomic mass is 19.4. The molecule has 5 heteroatoms. The van der Waals surface area contributed by atoms with Crippen LogP contribution in [0.1, 0.15) is 46.0 Å². The van der Waals surface area contributed by atoms with E-state index in [-0.39, 0.29) is 6.04 Å². The van der Waals surface area contributed by atoms with Crippen LogP contribution in [0.3, 0.4) is 0 Å². The largest absolute Gasteiger partial charge is 0.414 e. The minimum atomic E-state index is -4.29. The molecular formula is C12H22F3NO. The molecule has 0 bridgehead atoms. The average molecular weight is 253 g/mol. The monoisotopic (exact) mass is 253 g/mol. The number of nitrogens with two attached hydrogens (primary N) is 1. The maximum Gasteiger partial charge on any atom is 0.414 e. The summed E-state index contributed by atoms with van der Waals surface area (Å²) in [7, 11) is 0. The van der Waals surface area contributed by atoms with Crippen molar-refractivity contribution >= 4 is 0 Å². The Kier molecular flexibility index (Phi) is 5.25. The lowest BCUT2D eigenvalue weighted by Gasteiger charge is -2.35. The molecule has 0 amide bonds.